The van der Waals surface area contributed by atoms with Crippen molar-refractivity contribution in [1.82, 2.24) is 20.3 Å². The molecular formula is C24H36FN7O. The number of ether oxygens (including phenoxy) is 1. The Balaban J connectivity index is 1.52. The number of methoxy groups -OCH3 is 1. The third kappa shape index (κ3) is 6.43. The number of hydrogen-bond donors (Lipinski definition) is 4. The predicted molar refractivity (Wildman–Crippen MR) is 130 cm³/mol. The summed E-state index contributed by atoms with van der Waals surface area (Å²) < 4.78 is 19.2. The number of nitrogens with zero attached hydrogens (tertiary/aromatic N) is 3. The van der Waals surface area contributed by atoms with E-state index in [4.69, 9.17) is 4.74 Å². The van der Waals surface area contributed by atoms with Gasteiger partial charge in [0.25, 0.3) is 0 Å². The van der Waals surface area contributed by atoms with Gasteiger partial charge in [0, 0.05) is 24.3 Å². The molecule has 1 aliphatic heterocycles. The molecular weight excluding hydrogens is 421 g/mol. The smallest absolute Gasteiger partial charge is 0.233 e. The van der Waals surface area contributed by atoms with E-state index in [1.165, 1.54) is 45.3 Å². The summed E-state index contributed by atoms with van der Waals surface area (Å²) in [7, 11) is 1.45. The lowest BCUT2D eigenvalue weighted by Crippen LogP contribution is -2.31. The number of nitrogens with one attached hydrogen (secondary N) is 4. The molecule has 2 aromatic rings. The van der Waals surface area contributed by atoms with Crippen LogP contribution >= 0.6 is 0 Å². The molecule has 1 saturated heterocycles. The summed E-state index contributed by atoms with van der Waals surface area (Å²) in [6, 6.07) is 4.98. The summed E-state index contributed by atoms with van der Waals surface area (Å²) in [5, 5.41) is 13.5. The highest BCUT2D eigenvalue weighted by Gasteiger charge is 2.24. The van der Waals surface area contributed by atoms with Crippen molar-refractivity contribution in [2.24, 2.45) is 11.8 Å². The number of benzene rings is 1. The van der Waals surface area contributed by atoms with E-state index in [-0.39, 0.29) is 11.8 Å². The lowest BCUT2D eigenvalue weighted by atomic mass is 9.89. The highest BCUT2D eigenvalue weighted by atomic mass is 19.1. The molecule has 2 fully saturated rings. The van der Waals surface area contributed by atoms with E-state index in [0.29, 0.717) is 35.4 Å². The molecule has 4 rings (SSSR count). The van der Waals surface area contributed by atoms with Gasteiger partial charge in [0.05, 0.1) is 7.11 Å². The van der Waals surface area contributed by atoms with E-state index in [0.717, 1.165) is 32.5 Å². The van der Waals surface area contributed by atoms with E-state index in [9.17, 15) is 4.39 Å². The Hall–Kier alpha value is -2.68. The van der Waals surface area contributed by atoms with Gasteiger partial charge in [0.2, 0.25) is 17.8 Å². The van der Waals surface area contributed by atoms with Crippen molar-refractivity contribution in [3.8, 4) is 5.75 Å². The predicted octanol–water partition coefficient (Wildman–Crippen LogP) is 4.56. The summed E-state index contributed by atoms with van der Waals surface area (Å²) in [5.74, 6) is 2.39. The Morgan fingerprint density at radius 2 is 1.88 bits per heavy atom. The third-order valence-electron chi connectivity index (χ3n) is 6.74. The first-order valence-corrected chi connectivity index (χ1v) is 12.2. The van der Waals surface area contributed by atoms with Gasteiger partial charge in [-0.2, -0.15) is 15.0 Å². The van der Waals surface area contributed by atoms with Crippen LogP contribution in [-0.2, 0) is 0 Å². The number of anilines is 4. The second kappa shape index (κ2) is 11.4. The summed E-state index contributed by atoms with van der Waals surface area (Å²) >= 11 is 0. The van der Waals surface area contributed by atoms with Crippen LogP contribution < -0.4 is 26.0 Å². The molecule has 1 aromatic heterocycles. The first-order valence-electron chi connectivity index (χ1n) is 12.2. The van der Waals surface area contributed by atoms with Crippen LogP contribution in [0.5, 0.6) is 5.75 Å². The Morgan fingerprint density at radius 1 is 1.09 bits per heavy atom. The quantitative estimate of drug-likeness (QED) is 0.413. The second-order valence-electron chi connectivity index (χ2n) is 9.08. The molecule has 180 valence electrons. The lowest BCUT2D eigenvalue weighted by Gasteiger charge is -2.24. The van der Waals surface area contributed by atoms with Crippen molar-refractivity contribution in [3.05, 3.63) is 24.0 Å². The SMILES string of the molecule is CCC(Nc1nc(NCC2CCCCC2)nc(Nc2ccc(OC)c(F)c2)n1)C1CCNC1. The number of rotatable bonds is 10. The molecule has 1 saturated carbocycles. The fourth-order valence-corrected chi connectivity index (χ4v) is 4.82. The molecule has 2 atom stereocenters. The van der Waals surface area contributed by atoms with Gasteiger partial charge in [-0.05, 0) is 62.7 Å². The summed E-state index contributed by atoms with van der Waals surface area (Å²) in [4.78, 5) is 13.8. The zero-order valence-corrected chi connectivity index (χ0v) is 19.7. The third-order valence-corrected chi connectivity index (χ3v) is 6.74. The average Bonchev–Trinajstić information content (AvgIpc) is 3.37. The van der Waals surface area contributed by atoms with E-state index in [2.05, 4.69) is 43.1 Å². The fraction of sp³-hybridized carbons (Fsp3) is 0.625. The first-order chi connectivity index (χ1) is 16.1. The first kappa shape index (κ1) is 23.5. The van der Waals surface area contributed by atoms with Gasteiger partial charge in [-0.1, -0.05) is 26.2 Å². The van der Waals surface area contributed by atoms with Crippen molar-refractivity contribution in [2.45, 2.75) is 57.9 Å². The van der Waals surface area contributed by atoms with Gasteiger partial charge >= 0.3 is 0 Å². The van der Waals surface area contributed by atoms with Crippen LogP contribution in [0.25, 0.3) is 0 Å². The molecule has 0 spiro atoms. The van der Waals surface area contributed by atoms with Gasteiger partial charge in [0.1, 0.15) is 0 Å². The number of halogens is 1. The highest BCUT2D eigenvalue weighted by molar-refractivity contribution is 5.57. The Bertz CT molecular complexity index is 900. The molecule has 0 amide bonds. The van der Waals surface area contributed by atoms with E-state index in [1.54, 1.807) is 12.1 Å². The van der Waals surface area contributed by atoms with Gasteiger partial charge in [-0.15, -0.1) is 0 Å². The van der Waals surface area contributed by atoms with E-state index >= 15 is 0 Å². The summed E-state index contributed by atoms with van der Waals surface area (Å²) in [5.41, 5.74) is 0.552. The minimum atomic E-state index is -0.440. The van der Waals surface area contributed by atoms with Crippen molar-refractivity contribution in [2.75, 3.05) is 42.7 Å². The molecule has 0 bridgehead atoms. The van der Waals surface area contributed by atoms with Crippen LogP contribution in [0.4, 0.5) is 27.9 Å². The van der Waals surface area contributed by atoms with Crippen LogP contribution in [0.3, 0.4) is 0 Å². The molecule has 2 aliphatic rings. The zero-order chi connectivity index (χ0) is 23.0. The van der Waals surface area contributed by atoms with Crippen LogP contribution in [0.15, 0.2) is 18.2 Å². The maximum Gasteiger partial charge on any atom is 0.233 e. The molecule has 1 aromatic carbocycles. The number of aromatic nitrogens is 3. The van der Waals surface area contributed by atoms with Gasteiger partial charge < -0.3 is 26.0 Å². The maximum atomic E-state index is 14.2. The van der Waals surface area contributed by atoms with Crippen molar-refractivity contribution in [3.63, 3.8) is 0 Å². The highest BCUT2D eigenvalue weighted by Crippen LogP contribution is 2.26. The van der Waals surface area contributed by atoms with E-state index < -0.39 is 5.82 Å². The second-order valence-corrected chi connectivity index (χ2v) is 9.08. The standard InChI is InChI=1S/C24H36FN7O/c1-3-20(17-11-12-26-15-17)29-24-31-22(27-14-16-7-5-4-6-8-16)30-23(32-24)28-18-9-10-21(33-2)19(25)13-18/h9-10,13,16-17,20,26H,3-8,11-12,14-15H2,1-2H3,(H3,27,28,29,30,31,32). The van der Waals surface area contributed by atoms with Gasteiger partial charge in [-0.25, -0.2) is 4.39 Å². The van der Waals surface area contributed by atoms with Crippen molar-refractivity contribution >= 4 is 23.5 Å². The van der Waals surface area contributed by atoms with Crippen LogP contribution in [0.1, 0.15) is 51.9 Å². The van der Waals surface area contributed by atoms with Gasteiger partial charge in [0.15, 0.2) is 11.6 Å². The van der Waals surface area contributed by atoms with Crippen molar-refractivity contribution < 1.29 is 9.13 Å². The van der Waals surface area contributed by atoms with Crippen LogP contribution in [0, 0.1) is 17.7 Å². The zero-order valence-electron chi connectivity index (χ0n) is 19.7. The molecule has 9 heteroatoms. The Morgan fingerprint density at radius 3 is 2.58 bits per heavy atom. The maximum absolute atomic E-state index is 14.2. The molecule has 0 radical (unpaired) electrons. The summed E-state index contributed by atoms with van der Waals surface area (Å²) in [6.45, 7) is 5.08. The molecule has 4 N–H and O–H groups in total. The van der Waals surface area contributed by atoms with Crippen LogP contribution in [-0.4, -0.2) is 47.7 Å². The van der Waals surface area contributed by atoms with E-state index in [1.807, 2.05) is 0 Å². The summed E-state index contributed by atoms with van der Waals surface area (Å²) in [6.07, 6.45) is 8.52. The van der Waals surface area contributed by atoms with Crippen molar-refractivity contribution in [1.29, 1.82) is 0 Å². The monoisotopic (exact) mass is 457 g/mol. The molecule has 1 aliphatic carbocycles. The molecule has 2 heterocycles. The topological polar surface area (TPSA) is 96.0 Å². The lowest BCUT2D eigenvalue weighted by molar-refractivity contribution is 0.373. The molecule has 2 unspecified atom stereocenters. The molecule has 33 heavy (non-hydrogen) atoms. The minimum absolute atomic E-state index is 0.198. The average molecular weight is 458 g/mol. The molecule has 8 nitrogen and oxygen atoms in total. The normalized spacial score (nSPS) is 19.8. The largest absolute Gasteiger partial charge is 0.494 e. The minimum Gasteiger partial charge on any atom is -0.494 e. The Kier molecular flexibility index (Phi) is 8.15. The Labute approximate surface area is 195 Å². The van der Waals surface area contributed by atoms with Gasteiger partial charge in [-0.3, -0.25) is 0 Å². The van der Waals surface area contributed by atoms with Crippen LogP contribution in [0.2, 0.25) is 0 Å². The fourth-order valence-electron chi connectivity index (χ4n) is 4.82. The number of hydrogen-bond acceptors (Lipinski definition) is 8.